The summed E-state index contributed by atoms with van der Waals surface area (Å²) >= 11 is 0. The average molecular weight is 393 g/mol. The van der Waals surface area contributed by atoms with Crippen molar-refractivity contribution in [3.63, 3.8) is 0 Å². The van der Waals surface area contributed by atoms with Crippen LogP contribution in [0.2, 0.25) is 0 Å². The number of aryl methyl sites for hydroxylation is 3. The number of carbonyl (C=O) groups is 1. The summed E-state index contributed by atoms with van der Waals surface area (Å²) in [5, 5.41) is 9.11. The monoisotopic (exact) mass is 393 g/mol. The first kappa shape index (κ1) is 19.4. The summed E-state index contributed by atoms with van der Waals surface area (Å²) in [4.78, 5) is 15.2. The quantitative estimate of drug-likeness (QED) is 0.684. The predicted octanol–water partition coefficient (Wildman–Crippen LogP) is 2.80. The lowest BCUT2D eigenvalue weighted by atomic mass is 10.0. The fraction of sp³-hybridized carbons (Fsp3) is 0.409. The summed E-state index contributed by atoms with van der Waals surface area (Å²) in [7, 11) is 1.84. The molecule has 0 radical (unpaired) electrons. The van der Waals surface area contributed by atoms with Gasteiger partial charge in [-0.2, -0.15) is 10.2 Å². The first-order valence-corrected chi connectivity index (χ1v) is 9.92. The van der Waals surface area contributed by atoms with Crippen LogP contribution in [0, 0.1) is 20.8 Å². The van der Waals surface area contributed by atoms with Crippen molar-refractivity contribution in [1.29, 1.82) is 0 Å². The molecule has 4 rings (SSSR count). The van der Waals surface area contributed by atoms with Gasteiger partial charge in [-0.15, -0.1) is 0 Å². The predicted molar refractivity (Wildman–Crippen MR) is 110 cm³/mol. The van der Waals surface area contributed by atoms with E-state index in [0.29, 0.717) is 31.9 Å². The fourth-order valence-corrected chi connectivity index (χ4v) is 4.15. The molecule has 0 bridgehead atoms. The summed E-state index contributed by atoms with van der Waals surface area (Å²) in [5.41, 5.74) is 5.68. The average Bonchev–Trinajstić information content (AvgIpc) is 3.19. The van der Waals surface area contributed by atoms with E-state index in [1.54, 1.807) is 10.9 Å². The second kappa shape index (κ2) is 7.83. The van der Waals surface area contributed by atoms with Gasteiger partial charge in [-0.3, -0.25) is 14.2 Å². The Morgan fingerprint density at radius 3 is 2.59 bits per heavy atom. The minimum atomic E-state index is -0.152. The van der Waals surface area contributed by atoms with Gasteiger partial charge in [0.1, 0.15) is 0 Å². The molecule has 2 aromatic heterocycles. The molecule has 152 valence electrons. The molecule has 1 fully saturated rings. The van der Waals surface area contributed by atoms with Crippen molar-refractivity contribution in [2.75, 3.05) is 19.8 Å². The van der Waals surface area contributed by atoms with Crippen molar-refractivity contribution in [2.45, 2.75) is 33.4 Å². The van der Waals surface area contributed by atoms with Gasteiger partial charge in [-0.1, -0.05) is 30.3 Å². The molecule has 7 nitrogen and oxygen atoms in total. The molecule has 1 aliphatic rings. The van der Waals surface area contributed by atoms with Gasteiger partial charge in [0.25, 0.3) is 5.91 Å². The van der Waals surface area contributed by atoms with Gasteiger partial charge in [0.15, 0.2) is 0 Å². The Labute approximate surface area is 170 Å². The minimum absolute atomic E-state index is 0.00138. The molecule has 1 aliphatic heterocycles. The Bertz CT molecular complexity index is 1020. The molecule has 1 saturated heterocycles. The number of hydrogen-bond acceptors (Lipinski definition) is 4. The topological polar surface area (TPSA) is 65.2 Å². The van der Waals surface area contributed by atoms with Crippen molar-refractivity contribution >= 4 is 5.91 Å². The normalized spacial score (nSPS) is 17.0. The van der Waals surface area contributed by atoms with Crippen molar-refractivity contribution in [3.8, 4) is 0 Å². The molecule has 0 spiro atoms. The Kier molecular flexibility index (Phi) is 5.24. The number of nitrogens with zero attached hydrogens (tertiary/aromatic N) is 5. The number of morpholine rings is 1. The van der Waals surface area contributed by atoms with E-state index in [4.69, 9.17) is 9.84 Å². The van der Waals surface area contributed by atoms with E-state index in [9.17, 15) is 4.79 Å². The molecule has 29 heavy (non-hydrogen) atoms. The van der Waals surface area contributed by atoms with E-state index in [1.807, 2.05) is 48.7 Å². The smallest absolute Gasteiger partial charge is 0.257 e. The van der Waals surface area contributed by atoms with Gasteiger partial charge in [0, 0.05) is 31.0 Å². The number of amides is 1. The number of ether oxygens (including phenoxy) is 1. The van der Waals surface area contributed by atoms with Crippen LogP contribution in [-0.4, -0.2) is 50.1 Å². The lowest BCUT2D eigenvalue weighted by Gasteiger charge is -2.36. The third-order valence-corrected chi connectivity index (χ3v) is 5.58. The van der Waals surface area contributed by atoms with Gasteiger partial charge in [-0.05, 0) is 26.3 Å². The maximum absolute atomic E-state index is 13.3. The van der Waals surface area contributed by atoms with E-state index in [-0.39, 0.29) is 11.9 Å². The maximum Gasteiger partial charge on any atom is 0.257 e. The molecule has 7 heteroatoms. The highest BCUT2D eigenvalue weighted by atomic mass is 16.5. The second-order valence-corrected chi connectivity index (χ2v) is 7.62. The van der Waals surface area contributed by atoms with Crippen molar-refractivity contribution in [2.24, 2.45) is 7.05 Å². The van der Waals surface area contributed by atoms with Gasteiger partial charge >= 0.3 is 0 Å². The largest absolute Gasteiger partial charge is 0.377 e. The van der Waals surface area contributed by atoms with E-state index in [2.05, 4.69) is 24.2 Å². The van der Waals surface area contributed by atoms with E-state index < -0.39 is 0 Å². The Balaban J connectivity index is 1.67. The molecule has 1 unspecified atom stereocenters. The van der Waals surface area contributed by atoms with Crippen molar-refractivity contribution in [3.05, 3.63) is 70.3 Å². The number of carbonyl (C=O) groups excluding carboxylic acids is 1. The highest BCUT2D eigenvalue weighted by Gasteiger charge is 2.34. The van der Waals surface area contributed by atoms with Gasteiger partial charge in [0.05, 0.1) is 42.8 Å². The molecule has 3 heterocycles. The molecule has 1 amide bonds. The molecular formula is C22H27N5O2. The lowest BCUT2D eigenvalue weighted by molar-refractivity contribution is -0.00309. The highest BCUT2D eigenvalue weighted by molar-refractivity contribution is 5.95. The Morgan fingerprint density at radius 1 is 1.14 bits per heavy atom. The van der Waals surface area contributed by atoms with Crippen LogP contribution in [0.3, 0.4) is 0 Å². The van der Waals surface area contributed by atoms with Gasteiger partial charge < -0.3 is 9.64 Å². The second-order valence-electron chi connectivity index (χ2n) is 7.62. The van der Waals surface area contributed by atoms with Crippen LogP contribution in [0.5, 0.6) is 0 Å². The fourth-order valence-electron chi connectivity index (χ4n) is 4.15. The molecule has 1 aromatic carbocycles. The van der Waals surface area contributed by atoms with Crippen LogP contribution in [0.4, 0.5) is 0 Å². The summed E-state index contributed by atoms with van der Waals surface area (Å²) in [6, 6.07) is 10.1. The molecule has 0 saturated carbocycles. The van der Waals surface area contributed by atoms with Crippen LogP contribution < -0.4 is 0 Å². The number of rotatable bonds is 4. The van der Waals surface area contributed by atoms with Crippen LogP contribution in [0.1, 0.15) is 44.6 Å². The van der Waals surface area contributed by atoms with E-state index >= 15 is 0 Å². The molecule has 3 aromatic rings. The summed E-state index contributed by atoms with van der Waals surface area (Å²) < 4.78 is 9.48. The highest BCUT2D eigenvalue weighted by Crippen LogP contribution is 2.31. The third-order valence-electron chi connectivity index (χ3n) is 5.58. The minimum Gasteiger partial charge on any atom is -0.377 e. The number of benzene rings is 1. The standard InChI is InChI=1S/C22H27N5O2/c1-15-19(13-25(4)23-15)22(28)26-10-11-29-14-20(26)21-16(2)24-27(17(21)3)12-18-8-6-5-7-9-18/h5-9,13,20H,10-12,14H2,1-4H3. The summed E-state index contributed by atoms with van der Waals surface area (Å²) in [6.45, 7) is 8.23. The van der Waals surface area contributed by atoms with Gasteiger partial charge in [0.2, 0.25) is 0 Å². The Hall–Kier alpha value is -2.93. The zero-order valence-electron chi connectivity index (χ0n) is 17.4. The van der Waals surface area contributed by atoms with E-state index in [0.717, 1.165) is 22.6 Å². The van der Waals surface area contributed by atoms with Gasteiger partial charge in [-0.25, -0.2) is 0 Å². The number of hydrogen-bond donors (Lipinski definition) is 0. The van der Waals surface area contributed by atoms with Crippen LogP contribution in [-0.2, 0) is 18.3 Å². The number of aromatic nitrogens is 4. The lowest BCUT2D eigenvalue weighted by Crippen LogP contribution is -2.44. The molecule has 0 aliphatic carbocycles. The molecule has 0 N–H and O–H groups in total. The molecular weight excluding hydrogens is 366 g/mol. The van der Waals surface area contributed by atoms with Crippen molar-refractivity contribution in [1.82, 2.24) is 24.5 Å². The van der Waals surface area contributed by atoms with Crippen LogP contribution >= 0.6 is 0 Å². The first-order valence-electron chi connectivity index (χ1n) is 9.92. The van der Waals surface area contributed by atoms with Crippen LogP contribution in [0.15, 0.2) is 36.5 Å². The third kappa shape index (κ3) is 3.70. The summed E-state index contributed by atoms with van der Waals surface area (Å²) in [5.74, 6) is -0.00138. The first-order chi connectivity index (χ1) is 14.0. The Morgan fingerprint density at radius 2 is 1.90 bits per heavy atom. The zero-order valence-corrected chi connectivity index (χ0v) is 17.4. The van der Waals surface area contributed by atoms with Crippen molar-refractivity contribution < 1.29 is 9.53 Å². The van der Waals surface area contributed by atoms with E-state index in [1.165, 1.54) is 5.56 Å². The maximum atomic E-state index is 13.3. The summed E-state index contributed by atoms with van der Waals surface area (Å²) in [6.07, 6.45) is 1.79. The SMILES string of the molecule is Cc1nn(C)cc1C(=O)N1CCOCC1c1c(C)nn(Cc2ccccc2)c1C. The van der Waals surface area contributed by atoms with Crippen LogP contribution in [0.25, 0.3) is 0 Å². The molecule has 1 atom stereocenters. The zero-order chi connectivity index (χ0) is 20.5.